The number of nitrogens with zero attached hydrogens (tertiary/aromatic N) is 1. The summed E-state index contributed by atoms with van der Waals surface area (Å²) in [6.45, 7) is 1.05. The fraction of sp³-hybridized carbons (Fsp3) is 0.571. The second kappa shape index (κ2) is 7.88. The molecule has 1 saturated heterocycles. The average Bonchev–Trinajstić information content (AvgIpc) is 2.43. The molecule has 0 bridgehead atoms. The Labute approximate surface area is 140 Å². The van der Waals surface area contributed by atoms with Crippen LogP contribution >= 0.6 is 12.4 Å². The van der Waals surface area contributed by atoms with Crippen molar-refractivity contribution in [3.63, 3.8) is 0 Å². The molecule has 0 aliphatic carbocycles. The Morgan fingerprint density at radius 3 is 2.12 bits per heavy atom. The van der Waals surface area contributed by atoms with E-state index in [2.05, 4.69) is 5.32 Å². The minimum Gasteiger partial charge on any atom is -0.314 e. The molecule has 0 amide bonds. The number of alkyl halides is 6. The van der Waals surface area contributed by atoms with Crippen LogP contribution in [0, 0.1) is 5.82 Å². The predicted octanol–water partition coefficient (Wildman–Crippen LogP) is 4.17. The Bertz CT molecular complexity index is 539. The van der Waals surface area contributed by atoms with Crippen LogP contribution in [0.15, 0.2) is 18.2 Å². The molecule has 2 nitrogen and oxygen atoms in total. The maximum atomic E-state index is 13.7. The highest BCUT2D eigenvalue weighted by molar-refractivity contribution is 5.85. The van der Waals surface area contributed by atoms with Crippen LogP contribution in [0.5, 0.6) is 0 Å². The first-order valence-electron chi connectivity index (χ1n) is 6.97. The maximum absolute atomic E-state index is 13.7. The van der Waals surface area contributed by atoms with Crippen molar-refractivity contribution in [2.24, 2.45) is 0 Å². The number of halogens is 8. The van der Waals surface area contributed by atoms with Crippen LogP contribution in [-0.2, 0) is 6.18 Å². The van der Waals surface area contributed by atoms with Gasteiger partial charge < -0.3 is 5.32 Å². The molecule has 1 aliphatic rings. The second-order valence-corrected chi connectivity index (χ2v) is 5.32. The van der Waals surface area contributed by atoms with E-state index in [0.29, 0.717) is 19.2 Å². The molecule has 1 fully saturated rings. The lowest BCUT2D eigenvalue weighted by molar-refractivity contribution is -0.154. The van der Waals surface area contributed by atoms with E-state index in [-0.39, 0.29) is 25.5 Å². The van der Waals surface area contributed by atoms with Gasteiger partial charge >= 0.3 is 12.4 Å². The number of hydrogen-bond donors (Lipinski definition) is 1. The summed E-state index contributed by atoms with van der Waals surface area (Å²) in [5.41, 5.74) is -2.29. The minimum absolute atomic E-state index is 0. The molecule has 138 valence electrons. The average molecular weight is 381 g/mol. The van der Waals surface area contributed by atoms with Gasteiger partial charge in [-0.25, -0.2) is 4.39 Å². The molecule has 2 rings (SSSR count). The zero-order valence-corrected chi connectivity index (χ0v) is 13.2. The van der Waals surface area contributed by atoms with Gasteiger partial charge in [0.1, 0.15) is 5.82 Å². The standard InChI is InChI=1S/C14H15F7N2.ClH/c15-10-3-1-2-9(12(10)14(19,20)21)11(8-13(16,17)18)23-6-4-22-5-7-23;/h1-3,11,22H,4-8H2;1H/t11-;/m0./s1. The van der Waals surface area contributed by atoms with Crippen LogP contribution in [-0.4, -0.2) is 37.3 Å². The lowest BCUT2D eigenvalue weighted by Gasteiger charge is -2.36. The van der Waals surface area contributed by atoms with Gasteiger partial charge in [0, 0.05) is 32.2 Å². The van der Waals surface area contributed by atoms with Gasteiger partial charge in [-0.2, -0.15) is 26.3 Å². The van der Waals surface area contributed by atoms with Crippen molar-refractivity contribution >= 4 is 12.4 Å². The van der Waals surface area contributed by atoms with E-state index in [4.69, 9.17) is 0 Å². The lowest BCUT2D eigenvalue weighted by Crippen LogP contribution is -2.46. The van der Waals surface area contributed by atoms with Crippen molar-refractivity contribution in [3.8, 4) is 0 Å². The first kappa shape index (κ1) is 21.0. The second-order valence-electron chi connectivity index (χ2n) is 5.32. The van der Waals surface area contributed by atoms with Crippen LogP contribution < -0.4 is 5.32 Å². The van der Waals surface area contributed by atoms with E-state index >= 15 is 0 Å². The zero-order chi connectivity index (χ0) is 17.3. The quantitative estimate of drug-likeness (QED) is 0.792. The van der Waals surface area contributed by atoms with Gasteiger partial charge in [0.15, 0.2) is 0 Å². The Kier molecular flexibility index (Phi) is 6.89. The van der Waals surface area contributed by atoms with Gasteiger partial charge in [0.25, 0.3) is 0 Å². The molecule has 1 aromatic rings. The molecule has 24 heavy (non-hydrogen) atoms. The van der Waals surface area contributed by atoms with E-state index in [9.17, 15) is 30.7 Å². The molecule has 0 spiro atoms. The first-order chi connectivity index (χ1) is 10.6. The third-order valence-corrected chi connectivity index (χ3v) is 3.71. The topological polar surface area (TPSA) is 15.3 Å². The van der Waals surface area contributed by atoms with Crippen LogP contribution in [0.1, 0.15) is 23.6 Å². The fourth-order valence-electron chi connectivity index (χ4n) is 2.77. The molecular weight excluding hydrogens is 365 g/mol. The summed E-state index contributed by atoms with van der Waals surface area (Å²) in [6, 6.07) is 0.967. The summed E-state index contributed by atoms with van der Waals surface area (Å²) in [5, 5.41) is 2.92. The highest BCUT2D eigenvalue weighted by Crippen LogP contribution is 2.41. The van der Waals surface area contributed by atoms with E-state index in [0.717, 1.165) is 12.1 Å². The van der Waals surface area contributed by atoms with Crippen molar-refractivity contribution in [2.45, 2.75) is 24.8 Å². The molecule has 1 N–H and O–H groups in total. The number of piperazine rings is 1. The maximum Gasteiger partial charge on any atom is 0.419 e. The summed E-state index contributed by atoms with van der Waals surface area (Å²) in [5.74, 6) is -1.56. The van der Waals surface area contributed by atoms with Gasteiger partial charge in [-0.05, 0) is 11.6 Å². The van der Waals surface area contributed by atoms with Gasteiger partial charge in [-0.1, -0.05) is 12.1 Å². The number of nitrogens with one attached hydrogen (secondary N) is 1. The highest BCUT2D eigenvalue weighted by atomic mass is 35.5. The fourth-order valence-corrected chi connectivity index (χ4v) is 2.77. The van der Waals surface area contributed by atoms with Crippen molar-refractivity contribution in [1.82, 2.24) is 10.2 Å². The van der Waals surface area contributed by atoms with Crippen molar-refractivity contribution in [1.29, 1.82) is 0 Å². The minimum atomic E-state index is -5.06. The van der Waals surface area contributed by atoms with E-state index < -0.39 is 41.8 Å². The Hall–Kier alpha value is -1.06. The molecule has 1 heterocycles. The van der Waals surface area contributed by atoms with Crippen molar-refractivity contribution in [3.05, 3.63) is 35.1 Å². The molecule has 0 unspecified atom stereocenters. The molecule has 1 atom stereocenters. The molecular formula is C14H16ClF7N2. The third-order valence-electron chi connectivity index (χ3n) is 3.71. The Morgan fingerprint density at radius 1 is 1.04 bits per heavy atom. The summed E-state index contributed by atoms with van der Waals surface area (Å²) >= 11 is 0. The monoisotopic (exact) mass is 380 g/mol. The Balaban J connectivity index is 0.00000288. The summed E-state index contributed by atoms with van der Waals surface area (Å²) in [7, 11) is 0. The Morgan fingerprint density at radius 2 is 1.62 bits per heavy atom. The predicted molar refractivity (Wildman–Crippen MR) is 76.5 cm³/mol. The lowest BCUT2D eigenvalue weighted by atomic mass is 9.95. The SMILES string of the molecule is Cl.Fc1cccc([C@H](CC(F)(F)F)N2CCNCC2)c1C(F)(F)F. The van der Waals surface area contributed by atoms with E-state index in [1.54, 1.807) is 0 Å². The van der Waals surface area contributed by atoms with Crippen LogP contribution in [0.2, 0.25) is 0 Å². The van der Waals surface area contributed by atoms with Crippen molar-refractivity contribution in [2.75, 3.05) is 26.2 Å². The zero-order valence-electron chi connectivity index (χ0n) is 12.3. The first-order valence-corrected chi connectivity index (χ1v) is 6.97. The molecule has 1 aromatic carbocycles. The highest BCUT2D eigenvalue weighted by Gasteiger charge is 2.43. The van der Waals surface area contributed by atoms with Gasteiger partial charge in [0.2, 0.25) is 0 Å². The third kappa shape index (κ3) is 5.22. The summed E-state index contributed by atoms with van der Waals surface area (Å²) in [6.07, 6.45) is -11.2. The largest absolute Gasteiger partial charge is 0.419 e. The van der Waals surface area contributed by atoms with Gasteiger partial charge in [0.05, 0.1) is 12.0 Å². The molecule has 10 heteroatoms. The van der Waals surface area contributed by atoms with E-state index in [1.807, 2.05) is 0 Å². The molecule has 0 aromatic heterocycles. The van der Waals surface area contributed by atoms with Gasteiger partial charge in [-0.15, -0.1) is 12.4 Å². The van der Waals surface area contributed by atoms with Crippen LogP contribution in [0.4, 0.5) is 30.7 Å². The smallest absolute Gasteiger partial charge is 0.314 e. The van der Waals surface area contributed by atoms with Crippen molar-refractivity contribution < 1.29 is 30.7 Å². The molecule has 0 radical (unpaired) electrons. The van der Waals surface area contributed by atoms with Crippen LogP contribution in [0.25, 0.3) is 0 Å². The normalized spacial score (nSPS) is 18.1. The van der Waals surface area contributed by atoms with Gasteiger partial charge in [-0.3, -0.25) is 4.90 Å². The molecule has 1 aliphatic heterocycles. The molecule has 0 saturated carbocycles. The number of rotatable bonds is 3. The number of benzene rings is 1. The summed E-state index contributed by atoms with van der Waals surface area (Å²) < 4.78 is 91.6. The van der Waals surface area contributed by atoms with Crippen LogP contribution in [0.3, 0.4) is 0 Å². The summed E-state index contributed by atoms with van der Waals surface area (Å²) in [4.78, 5) is 1.31. The number of hydrogen-bond acceptors (Lipinski definition) is 2. The van der Waals surface area contributed by atoms with E-state index in [1.165, 1.54) is 4.90 Å².